The summed E-state index contributed by atoms with van der Waals surface area (Å²) in [5, 5.41) is 3.36. The van der Waals surface area contributed by atoms with Gasteiger partial charge in [0.2, 0.25) is 0 Å². The second-order valence-corrected chi connectivity index (χ2v) is 10.6. The summed E-state index contributed by atoms with van der Waals surface area (Å²) in [6.45, 7) is 2.50. The maximum atomic E-state index is 13.0. The molecule has 0 saturated heterocycles. The summed E-state index contributed by atoms with van der Waals surface area (Å²) in [6, 6.07) is 11.5. The van der Waals surface area contributed by atoms with Crippen molar-refractivity contribution < 1.29 is 13.9 Å². The highest BCUT2D eigenvalue weighted by molar-refractivity contribution is 9.10. The van der Waals surface area contributed by atoms with Crippen LogP contribution in [0.1, 0.15) is 68.2 Å². The first kappa shape index (κ1) is 20.2. The van der Waals surface area contributed by atoms with Gasteiger partial charge in [0.05, 0.1) is 4.47 Å². The predicted octanol–water partition coefficient (Wildman–Crippen LogP) is 6.35. The number of carbonyl (C=O) groups excluding carboxylic acids is 1. The van der Waals surface area contributed by atoms with Crippen LogP contribution in [-0.2, 0) is 6.61 Å². The van der Waals surface area contributed by atoms with Crippen molar-refractivity contribution in [1.29, 1.82) is 0 Å². The van der Waals surface area contributed by atoms with Crippen molar-refractivity contribution in [2.45, 2.75) is 64.5 Å². The van der Waals surface area contributed by atoms with Crippen LogP contribution in [0, 0.1) is 23.2 Å². The Labute approximate surface area is 186 Å². The highest BCUT2D eigenvalue weighted by atomic mass is 79.9. The minimum Gasteiger partial charge on any atom is -0.484 e. The standard InChI is InChI=1S/C25H30BrNO3/c1-2-23(25-12-16-9-17(13-25)11-18(10-16)14-25)27-24(28)22-8-7-19(30-22)15-29-21-6-4-3-5-20(21)26/h3-8,16-18,23H,2,9-15H2,1H3,(H,27,28). The number of rotatable bonds is 7. The van der Waals surface area contributed by atoms with Gasteiger partial charge in [-0.25, -0.2) is 0 Å². The van der Waals surface area contributed by atoms with Gasteiger partial charge in [0, 0.05) is 6.04 Å². The summed E-state index contributed by atoms with van der Waals surface area (Å²) >= 11 is 3.48. The molecule has 4 aliphatic carbocycles. The van der Waals surface area contributed by atoms with Crippen LogP contribution in [0.15, 0.2) is 45.3 Å². The highest BCUT2D eigenvalue weighted by Crippen LogP contribution is 2.61. The van der Waals surface area contributed by atoms with Gasteiger partial charge in [-0.05, 0) is 108 Å². The molecule has 0 aliphatic heterocycles. The molecule has 1 atom stereocenters. The number of carbonyl (C=O) groups is 1. The minimum absolute atomic E-state index is 0.0928. The second-order valence-electron chi connectivity index (χ2n) is 9.70. The zero-order valence-corrected chi connectivity index (χ0v) is 19.1. The maximum Gasteiger partial charge on any atom is 0.287 e. The molecular formula is C25H30BrNO3. The lowest BCUT2D eigenvalue weighted by molar-refractivity contribution is -0.0728. The Balaban J connectivity index is 1.23. The lowest BCUT2D eigenvalue weighted by Crippen LogP contribution is -2.56. The molecule has 5 heteroatoms. The molecule has 30 heavy (non-hydrogen) atoms. The molecule has 2 aromatic rings. The summed E-state index contributed by atoms with van der Waals surface area (Å²) in [4.78, 5) is 13.0. The van der Waals surface area contributed by atoms with Crippen molar-refractivity contribution in [2.24, 2.45) is 23.2 Å². The van der Waals surface area contributed by atoms with Crippen molar-refractivity contribution in [3.63, 3.8) is 0 Å². The molecule has 160 valence electrons. The molecule has 0 radical (unpaired) electrons. The zero-order chi connectivity index (χ0) is 20.7. The highest BCUT2D eigenvalue weighted by Gasteiger charge is 2.54. The van der Waals surface area contributed by atoms with Crippen molar-refractivity contribution in [1.82, 2.24) is 5.32 Å². The molecule has 1 heterocycles. The largest absolute Gasteiger partial charge is 0.484 e. The molecule has 1 unspecified atom stereocenters. The second kappa shape index (κ2) is 8.07. The summed E-state index contributed by atoms with van der Waals surface area (Å²) in [5.41, 5.74) is 0.303. The monoisotopic (exact) mass is 471 g/mol. The molecule has 1 N–H and O–H groups in total. The third kappa shape index (κ3) is 3.81. The van der Waals surface area contributed by atoms with Gasteiger partial charge in [-0.1, -0.05) is 19.1 Å². The zero-order valence-electron chi connectivity index (χ0n) is 17.5. The number of halogens is 1. The van der Waals surface area contributed by atoms with Gasteiger partial charge in [-0.15, -0.1) is 0 Å². The van der Waals surface area contributed by atoms with Gasteiger partial charge >= 0.3 is 0 Å². The van der Waals surface area contributed by atoms with Crippen LogP contribution in [0.5, 0.6) is 5.75 Å². The van der Waals surface area contributed by atoms with E-state index < -0.39 is 0 Å². The fourth-order valence-corrected chi connectivity index (χ4v) is 7.21. The number of furan rings is 1. The minimum atomic E-state index is -0.0928. The van der Waals surface area contributed by atoms with Crippen LogP contribution in [0.2, 0.25) is 0 Å². The first-order valence-electron chi connectivity index (χ1n) is 11.3. The molecule has 1 aromatic carbocycles. The Morgan fingerprint density at radius 3 is 2.43 bits per heavy atom. The Bertz CT molecular complexity index is 885. The Morgan fingerprint density at radius 2 is 1.80 bits per heavy atom. The topological polar surface area (TPSA) is 51.5 Å². The quantitative estimate of drug-likeness (QED) is 0.511. The van der Waals surface area contributed by atoms with E-state index >= 15 is 0 Å². The molecule has 6 rings (SSSR count). The number of benzene rings is 1. The van der Waals surface area contributed by atoms with Crippen LogP contribution in [0.25, 0.3) is 0 Å². The number of para-hydroxylation sites is 1. The van der Waals surface area contributed by atoms with Crippen molar-refractivity contribution in [2.75, 3.05) is 0 Å². The first-order chi connectivity index (χ1) is 14.5. The molecule has 4 nitrogen and oxygen atoms in total. The van der Waals surface area contributed by atoms with E-state index in [-0.39, 0.29) is 11.9 Å². The molecule has 1 aromatic heterocycles. The summed E-state index contributed by atoms with van der Waals surface area (Å²) < 4.78 is 12.5. The van der Waals surface area contributed by atoms with Crippen LogP contribution < -0.4 is 10.1 Å². The van der Waals surface area contributed by atoms with Crippen LogP contribution in [0.3, 0.4) is 0 Å². The van der Waals surface area contributed by atoms with E-state index in [4.69, 9.17) is 9.15 Å². The lowest BCUT2D eigenvalue weighted by atomic mass is 9.47. The molecule has 4 fully saturated rings. The number of hydrogen-bond donors (Lipinski definition) is 1. The fraction of sp³-hybridized carbons (Fsp3) is 0.560. The van der Waals surface area contributed by atoms with Crippen molar-refractivity contribution in [3.05, 3.63) is 52.4 Å². The number of amides is 1. The summed E-state index contributed by atoms with van der Waals surface area (Å²) in [6.07, 6.45) is 9.12. The molecule has 4 bridgehead atoms. The van der Waals surface area contributed by atoms with Gasteiger partial charge in [-0.3, -0.25) is 4.79 Å². The van der Waals surface area contributed by atoms with Gasteiger partial charge < -0.3 is 14.5 Å². The molecule has 4 aliphatic rings. The van der Waals surface area contributed by atoms with Gasteiger partial charge in [0.1, 0.15) is 18.1 Å². The van der Waals surface area contributed by atoms with Crippen LogP contribution in [0.4, 0.5) is 0 Å². The van der Waals surface area contributed by atoms with E-state index in [1.807, 2.05) is 30.3 Å². The number of hydrogen-bond acceptors (Lipinski definition) is 3. The Kier molecular flexibility index (Phi) is 5.42. The van der Waals surface area contributed by atoms with Crippen molar-refractivity contribution >= 4 is 21.8 Å². The van der Waals surface area contributed by atoms with E-state index in [1.165, 1.54) is 38.5 Å². The average molecular weight is 472 g/mol. The normalized spacial score (nSPS) is 30.3. The summed E-state index contributed by atoms with van der Waals surface area (Å²) in [7, 11) is 0. The third-order valence-corrected chi connectivity index (χ3v) is 8.29. The smallest absolute Gasteiger partial charge is 0.287 e. The van der Waals surface area contributed by atoms with E-state index in [0.717, 1.165) is 34.4 Å². The van der Waals surface area contributed by atoms with Gasteiger partial charge in [-0.2, -0.15) is 0 Å². The predicted molar refractivity (Wildman–Crippen MR) is 119 cm³/mol. The molecule has 4 saturated carbocycles. The Morgan fingerprint density at radius 1 is 1.13 bits per heavy atom. The number of ether oxygens (including phenoxy) is 1. The molecular weight excluding hydrogens is 442 g/mol. The van der Waals surface area contributed by atoms with Crippen LogP contribution >= 0.6 is 15.9 Å². The molecule has 0 spiro atoms. The Hall–Kier alpha value is -1.75. The maximum absolute atomic E-state index is 13.0. The van der Waals surface area contributed by atoms with E-state index in [2.05, 4.69) is 28.2 Å². The summed E-state index contributed by atoms with van der Waals surface area (Å²) in [5.74, 6) is 4.34. The van der Waals surface area contributed by atoms with E-state index in [9.17, 15) is 4.79 Å². The fourth-order valence-electron chi connectivity index (χ4n) is 6.81. The average Bonchev–Trinajstić information content (AvgIpc) is 3.19. The number of nitrogens with one attached hydrogen (secondary N) is 1. The van der Waals surface area contributed by atoms with E-state index in [1.54, 1.807) is 6.07 Å². The molecule has 1 amide bonds. The van der Waals surface area contributed by atoms with Crippen molar-refractivity contribution in [3.8, 4) is 5.75 Å². The van der Waals surface area contributed by atoms with Gasteiger partial charge in [0.25, 0.3) is 5.91 Å². The lowest BCUT2D eigenvalue weighted by Gasteiger charge is -2.59. The van der Waals surface area contributed by atoms with E-state index in [0.29, 0.717) is 23.5 Å². The first-order valence-corrected chi connectivity index (χ1v) is 12.1. The van der Waals surface area contributed by atoms with Crippen LogP contribution in [-0.4, -0.2) is 11.9 Å². The third-order valence-electron chi connectivity index (χ3n) is 7.63. The SMILES string of the molecule is CCC(NC(=O)c1ccc(COc2ccccc2Br)o1)C12CC3CC(CC(C3)C1)C2. The van der Waals surface area contributed by atoms with Gasteiger partial charge in [0.15, 0.2) is 5.76 Å².